The van der Waals surface area contributed by atoms with Gasteiger partial charge < -0.3 is 0 Å². The highest BCUT2D eigenvalue weighted by Gasteiger charge is 2.20. The summed E-state index contributed by atoms with van der Waals surface area (Å²) in [6.45, 7) is 2.18. The standard InChI is InChI=1S/C21H17FN4/c22-19-8-14(15-3-5-16-10-24-25-20(16)9-15)4-6-17(19)11-26-12-18-2-1-7-23-21(18)13-26/h1-10H,11-13H2,(H,24,25). The van der Waals surface area contributed by atoms with E-state index in [4.69, 9.17) is 0 Å². The zero-order valence-electron chi connectivity index (χ0n) is 14.1. The van der Waals surface area contributed by atoms with Crippen LogP contribution in [0.4, 0.5) is 4.39 Å². The quantitative estimate of drug-likeness (QED) is 0.603. The lowest BCUT2D eigenvalue weighted by Crippen LogP contribution is -2.16. The van der Waals surface area contributed by atoms with Crippen molar-refractivity contribution in [3.8, 4) is 11.1 Å². The molecule has 4 nitrogen and oxygen atoms in total. The third kappa shape index (κ3) is 2.66. The lowest BCUT2D eigenvalue weighted by molar-refractivity contribution is 0.270. The third-order valence-corrected chi connectivity index (χ3v) is 4.97. The topological polar surface area (TPSA) is 44.8 Å². The number of pyridine rings is 1. The van der Waals surface area contributed by atoms with E-state index < -0.39 is 0 Å². The van der Waals surface area contributed by atoms with Crippen LogP contribution < -0.4 is 0 Å². The molecule has 26 heavy (non-hydrogen) atoms. The second-order valence-electron chi connectivity index (χ2n) is 6.73. The van der Waals surface area contributed by atoms with Crippen LogP contribution in [-0.4, -0.2) is 20.1 Å². The summed E-state index contributed by atoms with van der Waals surface area (Å²) in [5, 5.41) is 8.04. The molecule has 0 aliphatic carbocycles. The molecule has 0 radical (unpaired) electrons. The Labute approximate surface area is 150 Å². The van der Waals surface area contributed by atoms with Gasteiger partial charge in [-0.15, -0.1) is 0 Å². The first-order chi connectivity index (χ1) is 12.8. The summed E-state index contributed by atoms with van der Waals surface area (Å²) in [6.07, 6.45) is 3.60. The van der Waals surface area contributed by atoms with Gasteiger partial charge in [-0.2, -0.15) is 5.10 Å². The number of nitrogens with one attached hydrogen (secondary N) is 1. The van der Waals surface area contributed by atoms with Crippen molar-refractivity contribution in [1.82, 2.24) is 20.1 Å². The molecule has 5 heteroatoms. The molecule has 0 saturated heterocycles. The second-order valence-corrected chi connectivity index (χ2v) is 6.73. The monoisotopic (exact) mass is 344 g/mol. The van der Waals surface area contributed by atoms with Crippen LogP contribution in [-0.2, 0) is 19.6 Å². The number of halogens is 1. The fraction of sp³-hybridized carbons (Fsp3) is 0.143. The summed E-state index contributed by atoms with van der Waals surface area (Å²) in [5.41, 5.74) is 5.84. The molecule has 2 aromatic heterocycles. The van der Waals surface area contributed by atoms with Gasteiger partial charge >= 0.3 is 0 Å². The van der Waals surface area contributed by atoms with E-state index in [1.165, 1.54) is 5.56 Å². The molecule has 0 unspecified atom stereocenters. The van der Waals surface area contributed by atoms with Crippen LogP contribution in [0.25, 0.3) is 22.0 Å². The number of aromatic amines is 1. The maximum Gasteiger partial charge on any atom is 0.128 e. The van der Waals surface area contributed by atoms with Crippen molar-refractivity contribution in [3.63, 3.8) is 0 Å². The normalized spacial score (nSPS) is 14.0. The van der Waals surface area contributed by atoms with Gasteiger partial charge in [0.25, 0.3) is 0 Å². The Bertz CT molecular complexity index is 1080. The van der Waals surface area contributed by atoms with Crippen molar-refractivity contribution in [1.29, 1.82) is 0 Å². The average molecular weight is 344 g/mol. The van der Waals surface area contributed by atoms with E-state index in [0.717, 1.165) is 40.8 Å². The molecule has 0 fully saturated rings. The van der Waals surface area contributed by atoms with Crippen molar-refractivity contribution in [2.75, 3.05) is 0 Å². The van der Waals surface area contributed by atoms with E-state index in [-0.39, 0.29) is 5.82 Å². The molecule has 128 valence electrons. The molecule has 1 N–H and O–H groups in total. The van der Waals surface area contributed by atoms with Crippen LogP contribution in [0.1, 0.15) is 16.8 Å². The Morgan fingerprint density at radius 2 is 1.92 bits per heavy atom. The lowest BCUT2D eigenvalue weighted by atomic mass is 10.0. The van der Waals surface area contributed by atoms with Gasteiger partial charge in [-0.05, 0) is 34.9 Å². The first-order valence-electron chi connectivity index (χ1n) is 8.63. The Balaban J connectivity index is 1.38. The molecule has 4 aromatic rings. The number of nitrogens with zero attached hydrogens (tertiary/aromatic N) is 3. The Kier molecular flexibility index (Phi) is 3.53. The smallest absolute Gasteiger partial charge is 0.128 e. The molecule has 5 rings (SSSR count). The predicted octanol–water partition coefficient (Wildman–Crippen LogP) is 4.28. The lowest BCUT2D eigenvalue weighted by Gasteiger charge is -2.15. The third-order valence-electron chi connectivity index (χ3n) is 4.97. The van der Waals surface area contributed by atoms with Crippen molar-refractivity contribution < 1.29 is 4.39 Å². The van der Waals surface area contributed by atoms with E-state index >= 15 is 0 Å². The van der Waals surface area contributed by atoms with Gasteiger partial charge in [-0.1, -0.05) is 30.3 Å². The van der Waals surface area contributed by atoms with Crippen molar-refractivity contribution in [3.05, 3.63) is 83.6 Å². The van der Waals surface area contributed by atoms with E-state index in [1.54, 1.807) is 12.3 Å². The van der Waals surface area contributed by atoms with E-state index in [9.17, 15) is 4.39 Å². The highest BCUT2D eigenvalue weighted by atomic mass is 19.1. The minimum atomic E-state index is -0.170. The fourth-order valence-electron chi connectivity index (χ4n) is 3.59. The molecule has 1 aliphatic rings. The molecule has 0 saturated carbocycles. The first-order valence-corrected chi connectivity index (χ1v) is 8.63. The summed E-state index contributed by atoms with van der Waals surface area (Å²) in [4.78, 5) is 6.62. The van der Waals surface area contributed by atoms with Gasteiger partial charge in [0.2, 0.25) is 0 Å². The molecule has 0 atom stereocenters. The average Bonchev–Trinajstić information content (AvgIpc) is 3.28. The van der Waals surface area contributed by atoms with Crippen LogP contribution in [0.5, 0.6) is 0 Å². The van der Waals surface area contributed by atoms with Gasteiger partial charge in [0, 0.05) is 36.8 Å². The number of hydrogen-bond donors (Lipinski definition) is 1. The van der Waals surface area contributed by atoms with Crippen LogP contribution in [0, 0.1) is 5.82 Å². The minimum absolute atomic E-state index is 0.170. The first kappa shape index (κ1) is 15.2. The Morgan fingerprint density at radius 3 is 2.81 bits per heavy atom. The number of aromatic nitrogens is 3. The number of rotatable bonds is 3. The van der Waals surface area contributed by atoms with Crippen LogP contribution >= 0.6 is 0 Å². The van der Waals surface area contributed by atoms with Crippen LogP contribution in [0.15, 0.2) is 60.9 Å². The number of hydrogen-bond acceptors (Lipinski definition) is 3. The molecular formula is C21H17FN4. The number of fused-ring (bicyclic) bond motifs is 2. The predicted molar refractivity (Wildman–Crippen MR) is 98.7 cm³/mol. The fourth-order valence-corrected chi connectivity index (χ4v) is 3.59. The van der Waals surface area contributed by atoms with Gasteiger partial charge in [-0.25, -0.2) is 4.39 Å². The highest BCUT2D eigenvalue weighted by Crippen LogP contribution is 2.27. The van der Waals surface area contributed by atoms with Crippen LogP contribution in [0.3, 0.4) is 0 Å². The zero-order valence-corrected chi connectivity index (χ0v) is 14.1. The molecule has 0 bridgehead atoms. The van der Waals surface area contributed by atoms with E-state index in [0.29, 0.717) is 12.1 Å². The Hall–Kier alpha value is -3.05. The van der Waals surface area contributed by atoms with E-state index in [1.807, 2.05) is 42.6 Å². The summed E-state index contributed by atoms with van der Waals surface area (Å²) in [6, 6.07) is 15.5. The van der Waals surface area contributed by atoms with Crippen LogP contribution in [0.2, 0.25) is 0 Å². The Morgan fingerprint density at radius 1 is 1.04 bits per heavy atom. The van der Waals surface area contributed by atoms with Crippen molar-refractivity contribution in [2.24, 2.45) is 0 Å². The number of benzene rings is 2. The zero-order chi connectivity index (χ0) is 17.5. The largest absolute Gasteiger partial charge is 0.289 e. The molecular weight excluding hydrogens is 327 g/mol. The second kappa shape index (κ2) is 6.04. The maximum atomic E-state index is 14.7. The highest BCUT2D eigenvalue weighted by molar-refractivity contribution is 5.83. The summed E-state index contributed by atoms with van der Waals surface area (Å²) < 4.78 is 14.7. The molecule has 0 spiro atoms. The van der Waals surface area contributed by atoms with Gasteiger partial charge in [0.1, 0.15) is 5.82 Å². The summed E-state index contributed by atoms with van der Waals surface area (Å²) >= 11 is 0. The maximum absolute atomic E-state index is 14.7. The molecule has 0 amide bonds. The molecule has 3 heterocycles. The SMILES string of the molecule is Fc1cc(-c2ccc3cn[nH]c3c2)ccc1CN1Cc2cccnc2C1. The minimum Gasteiger partial charge on any atom is -0.289 e. The van der Waals surface area contributed by atoms with Gasteiger partial charge in [0.15, 0.2) is 0 Å². The van der Waals surface area contributed by atoms with Crippen molar-refractivity contribution >= 4 is 10.9 Å². The van der Waals surface area contributed by atoms with Crippen molar-refractivity contribution in [2.45, 2.75) is 19.6 Å². The number of H-pyrrole nitrogens is 1. The van der Waals surface area contributed by atoms with E-state index in [2.05, 4.69) is 26.1 Å². The van der Waals surface area contributed by atoms with Gasteiger partial charge in [0.05, 0.1) is 17.4 Å². The summed E-state index contributed by atoms with van der Waals surface area (Å²) in [7, 11) is 0. The molecule has 2 aromatic carbocycles. The molecule has 1 aliphatic heterocycles. The summed E-state index contributed by atoms with van der Waals surface area (Å²) in [5.74, 6) is -0.170. The van der Waals surface area contributed by atoms with Gasteiger partial charge in [-0.3, -0.25) is 15.0 Å².